The molecule has 2 heterocycles. The number of carboxylic acids is 2. The molecule has 0 amide bonds. The molecule has 2 fully saturated rings. The summed E-state index contributed by atoms with van der Waals surface area (Å²) < 4.78 is 27.2. The standard InChI is InChI=1S/2C25H24FNO4.Ca.2H/c2*26-17-9-7-15(8-10-17)24-20-3-1-2-4-22(20)27-25(16-5-6-16)21(24)12-11-18(28)13-19(29)14-23(30)31;;;/h2*1-4,7-12,16,18-19,28-29H,5-6,13-14H2,(H,30,31);;;/t2*18-,19-;;;/m11.../s1. The number of carboxylic acid groups (broad SMARTS) is 2. The van der Waals surface area contributed by atoms with Gasteiger partial charge in [0.1, 0.15) is 11.6 Å². The van der Waals surface area contributed by atoms with E-state index in [9.17, 15) is 38.8 Å². The maximum atomic E-state index is 13.6. The zero-order chi connectivity index (χ0) is 43.9. The van der Waals surface area contributed by atoms with Crippen LogP contribution in [-0.4, -0.2) is 115 Å². The van der Waals surface area contributed by atoms with Crippen LogP contribution in [0, 0.1) is 11.6 Å². The van der Waals surface area contributed by atoms with Gasteiger partial charge in [-0.05, 0) is 73.2 Å². The van der Waals surface area contributed by atoms with Crippen molar-refractivity contribution in [2.45, 2.75) is 87.6 Å². The van der Waals surface area contributed by atoms with Crippen molar-refractivity contribution in [3.05, 3.63) is 143 Å². The van der Waals surface area contributed by atoms with E-state index < -0.39 is 49.2 Å². The Kier molecular flexibility index (Phi) is 16.3. The molecule has 63 heavy (non-hydrogen) atoms. The number of hydrogen-bond donors (Lipinski definition) is 6. The number of para-hydroxylation sites is 2. The van der Waals surface area contributed by atoms with E-state index in [2.05, 4.69) is 0 Å². The molecule has 4 atom stereocenters. The third-order valence-electron chi connectivity index (χ3n) is 10.9. The third-order valence-corrected chi connectivity index (χ3v) is 10.9. The fraction of sp³-hybridized carbons (Fsp3) is 0.280. The Balaban J connectivity index is 0.000000206. The molecule has 0 spiro atoms. The molecule has 0 saturated heterocycles. The summed E-state index contributed by atoms with van der Waals surface area (Å²) in [4.78, 5) is 31.3. The van der Waals surface area contributed by atoms with Gasteiger partial charge in [-0.1, -0.05) is 85.0 Å². The van der Waals surface area contributed by atoms with Crippen molar-refractivity contribution in [2.24, 2.45) is 0 Å². The number of fused-ring (bicyclic) bond motifs is 2. The van der Waals surface area contributed by atoms with Crippen molar-refractivity contribution < 1.29 is 49.0 Å². The molecule has 2 aliphatic carbocycles. The SMILES string of the molecule is O=C(O)C[C@H](O)C[C@H](O)C=Cc1c(C2CC2)nc2ccccc2c1-c1ccc(F)cc1.O=C(O)C[C@H](O)C[C@H](O)C=Cc1c(C2CC2)nc2ccccc2c1-c1ccc(F)cc1.[CaH2]. The second-order valence-electron chi connectivity index (χ2n) is 16.0. The van der Waals surface area contributed by atoms with Crippen LogP contribution in [0.3, 0.4) is 0 Å². The third kappa shape index (κ3) is 12.6. The molecule has 4 aromatic carbocycles. The van der Waals surface area contributed by atoms with Crippen molar-refractivity contribution in [3.63, 3.8) is 0 Å². The number of pyridine rings is 2. The first-order valence-corrected chi connectivity index (χ1v) is 20.7. The minimum atomic E-state index is -1.13. The summed E-state index contributed by atoms with van der Waals surface area (Å²) in [6.45, 7) is 0. The number of aliphatic hydroxyl groups is 4. The fourth-order valence-electron chi connectivity index (χ4n) is 7.72. The van der Waals surface area contributed by atoms with Crippen LogP contribution < -0.4 is 0 Å². The second-order valence-corrected chi connectivity index (χ2v) is 16.0. The molecule has 0 bridgehead atoms. The van der Waals surface area contributed by atoms with Gasteiger partial charge >= 0.3 is 49.7 Å². The van der Waals surface area contributed by atoms with Gasteiger partial charge in [-0.15, -0.1) is 0 Å². The number of aliphatic carboxylic acids is 2. The number of nitrogens with zero attached hydrogens (tertiary/aromatic N) is 2. The van der Waals surface area contributed by atoms with Crippen molar-refractivity contribution in [1.82, 2.24) is 9.97 Å². The zero-order valence-electron chi connectivity index (χ0n) is 33.8. The Hall–Kier alpha value is -4.92. The molecule has 2 aromatic heterocycles. The number of rotatable bonds is 16. The summed E-state index contributed by atoms with van der Waals surface area (Å²) in [7, 11) is 0. The van der Waals surface area contributed by atoms with E-state index in [1.165, 1.54) is 24.3 Å². The molecule has 6 aromatic rings. The number of aromatic nitrogens is 2. The molecule has 6 N–H and O–H groups in total. The maximum absolute atomic E-state index is 13.6. The molecule has 0 unspecified atom stereocenters. The predicted molar refractivity (Wildman–Crippen MR) is 243 cm³/mol. The van der Waals surface area contributed by atoms with Gasteiger partial charge in [0.15, 0.2) is 0 Å². The monoisotopic (exact) mass is 884 g/mol. The quantitative estimate of drug-likeness (QED) is 0.0520. The molecule has 0 radical (unpaired) electrons. The summed E-state index contributed by atoms with van der Waals surface area (Å²) in [5.74, 6) is -2.20. The summed E-state index contributed by atoms with van der Waals surface area (Å²) in [5.41, 5.74) is 8.85. The average molecular weight is 885 g/mol. The molecule has 10 nitrogen and oxygen atoms in total. The van der Waals surface area contributed by atoms with E-state index in [1.54, 1.807) is 48.6 Å². The number of carbonyl (C=O) groups is 2. The van der Waals surface area contributed by atoms with Gasteiger partial charge in [0.2, 0.25) is 0 Å². The molecule has 2 saturated carbocycles. The summed E-state index contributed by atoms with van der Waals surface area (Å²) >= 11 is 0. The van der Waals surface area contributed by atoms with Crippen LogP contribution in [0.4, 0.5) is 8.78 Å². The van der Waals surface area contributed by atoms with Gasteiger partial charge < -0.3 is 30.6 Å². The van der Waals surface area contributed by atoms with Crippen LogP contribution in [-0.2, 0) is 9.59 Å². The Morgan fingerprint density at radius 3 is 1.25 bits per heavy atom. The zero-order valence-corrected chi connectivity index (χ0v) is 33.8. The Labute approximate surface area is 393 Å². The Morgan fingerprint density at radius 1 is 0.571 bits per heavy atom. The molecule has 0 aliphatic heterocycles. The normalized spacial score (nSPS) is 15.7. The number of hydrogen-bond acceptors (Lipinski definition) is 8. The van der Waals surface area contributed by atoms with E-state index in [0.717, 1.165) is 92.3 Å². The van der Waals surface area contributed by atoms with Crippen molar-refractivity contribution in [1.29, 1.82) is 0 Å². The molecular weight excluding hydrogens is 835 g/mol. The number of aliphatic hydroxyl groups excluding tert-OH is 4. The van der Waals surface area contributed by atoms with E-state index >= 15 is 0 Å². The van der Waals surface area contributed by atoms with Crippen LogP contribution in [0.5, 0.6) is 0 Å². The topological polar surface area (TPSA) is 181 Å². The van der Waals surface area contributed by atoms with E-state index in [4.69, 9.17) is 20.2 Å². The summed E-state index contributed by atoms with van der Waals surface area (Å²) in [6, 6.07) is 28.2. The van der Waals surface area contributed by atoms with Gasteiger partial charge in [-0.2, -0.15) is 0 Å². The Morgan fingerprint density at radius 2 is 0.921 bits per heavy atom. The number of halogens is 2. The van der Waals surface area contributed by atoms with Gasteiger partial charge in [-0.25, -0.2) is 8.78 Å². The predicted octanol–water partition coefficient (Wildman–Crippen LogP) is 8.12. The fourth-order valence-corrected chi connectivity index (χ4v) is 7.72. The van der Waals surface area contributed by atoms with Gasteiger partial charge in [0.05, 0.1) is 59.7 Å². The first-order valence-electron chi connectivity index (χ1n) is 20.7. The molecule has 13 heteroatoms. The minimum absolute atomic E-state index is 0. The van der Waals surface area contributed by atoms with Crippen LogP contribution in [0.15, 0.2) is 109 Å². The van der Waals surface area contributed by atoms with Crippen LogP contribution >= 0.6 is 0 Å². The van der Waals surface area contributed by atoms with Crippen LogP contribution in [0.1, 0.15) is 85.7 Å². The molecule has 324 valence electrons. The van der Waals surface area contributed by atoms with Crippen LogP contribution in [0.25, 0.3) is 56.2 Å². The van der Waals surface area contributed by atoms with Crippen molar-refractivity contribution in [3.8, 4) is 22.3 Å². The van der Waals surface area contributed by atoms with Gasteiger partial charge in [-0.3, -0.25) is 19.6 Å². The van der Waals surface area contributed by atoms with Crippen molar-refractivity contribution in [2.75, 3.05) is 0 Å². The summed E-state index contributed by atoms with van der Waals surface area (Å²) in [5, 5.41) is 59.8. The Bertz CT molecular complexity index is 2430. The van der Waals surface area contributed by atoms with Gasteiger partial charge in [0.25, 0.3) is 0 Å². The first-order chi connectivity index (χ1) is 29.8. The molecule has 8 rings (SSSR count). The van der Waals surface area contributed by atoms with Crippen LogP contribution in [0.2, 0.25) is 0 Å². The number of benzene rings is 4. The molecular formula is C50H50CaF2N2O8. The first kappa shape index (κ1) is 47.6. The van der Waals surface area contributed by atoms with E-state index in [-0.39, 0.29) is 62.2 Å². The second kappa shape index (κ2) is 21.6. The van der Waals surface area contributed by atoms with Crippen molar-refractivity contribution >= 4 is 83.6 Å². The van der Waals surface area contributed by atoms with Gasteiger partial charge in [0, 0.05) is 57.7 Å². The molecule has 2 aliphatic rings. The van der Waals surface area contributed by atoms with E-state index in [1.807, 2.05) is 48.5 Å². The average Bonchev–Trinajstić information content (AvgIpc) is 4.17. The van der Waals surface area contributed by atoms with E-state index in [0.29, 0.717) is 11.8 Å². The summed E-state index contributed by atoms with van der Waals surface area (Å²) in [6.07, 6.45) is 5.60.